The molecule has 0 radical (unpaired) electrons. The molecule has 294 valence electrons. The van der Waals surface area contributed by atoms with Crippen LogP contribution in [0.15, 0.2) is 97.3 Å². The number of aromatic nitrogens is 5. The van der Waals surface area contributed by atoms with E-state index in [1.54, 1.807) is 54.1 Å². The van der Waals surface area contributed by atoms with Gasteiger partial charge in [-0.05, 0) is 80.8 Å². The SMILES string of the molecule is Cc1ccc(Cl)c(C(=O)N2CC[C@@H](Nc3cnc4cc(Cl)ccc4n3)C2)c1.Cc1nc(C(=O)N2CC[C@@H](Nc3cnc4cc(Cl)ccc4n3)C2)c(-c2ccccc2)s1. The normalized spacial score (nSPS) is 16.4. The molecule has 58 heavy (non-hydrogen) atoms. The van der Waals surface area contributed by atoms with E-state index in [4.69, 9.17) is 34.8 Å². The van der Waals surface area contributed by atoms with Crippen LogP contribution in [0.3, 0.4) is 0 Å². The Morgan fingerprint density at radius 3 is 1.83 bits per heavy atom. The lowest BCUT2D eigenvalue weighted by atomic mass is 10.1. The number of carbonyl (C=O) groups excluding carboxylic acids is 2. The third-order valence-electron chi connectivity index (χ3n) is 9.99. The molecule has 2 amide bonds. The summed E-state index contributed by atoms with van der Waals surface area (Å²) >= 11 is 19.8. The molecule has 0 saturated carbocycles. The number of anilines is 2. The van der Waals surface area contributed by atoms with Crippen LogP contribution in [0.5, 0.6) is 0 Å². The highest BCUT2D eigenvalue weighted by Crippen LogP contribution is 2.32. The summed E-state index contributed by atoms with van der Waals surface area (Å²) in [5.41, 5.74) is 6.21. The molecule has 2 aliphatic rings. The lowest BCUT2D eigenvalue weighted by Gasteiger charge is -2.18. The predicted octanol–water partition coefficient (Wildman–Crippen LogP) is 9.61. The van der Waals surface area contributed by atoms with Crippen molar-refractivity contribution in [3.63, 3.8) is 0 Å². The number of nitrogens with zero attached hydrogens (tertiary/aromatic N) is 7. The fourth-order valence-electron chi connectivity index (χ4n) is 7.13. The Balaban J connectivity index is 0.000000164. The minimum atomic E-state index is -0.0350. The van der Waals surface area contributed by atoms with Gasteiger partial charge in [-0.1, -0.05) is 76.8 Å². The first-order valence-electron chi connectivity index (χ1n) is 18.8. The number of amides is 2. The summed E-state index contributed by atoms with van der Waals surface area (Å²) in [6, 6.07) is 26.6. The minimum absolute atomic E-state index is 0.0215. The molecule has 5 heterocycles. The summed E-state index contributed by atoms with van der Waals surface area (Å²) < 4.78 is 0. The molecule has 2 fully saturated rings. The van der Waals surface area contributed by atoms with E-state index in [0.717, 1.165) is 55.9 Å². The third kappa shape index (κ3) is 9.00. The summed E-state index contributed by atoms with van der Waals surface area (Å²) in [6.07, 6.45) is 5.09. The Morgan fingerprint density at radius 1 is 0.672 bits per heavy atom. The van der Waals surface area contributed by atoms with Crippen LogP contribution in [-0.2, 0) is 0 Å². The second-order valence-electron chi connectivity index (χ2n) is 14.3. The summed E-state index contributed by atoms with van der Waals surface area (Å²) in [6.45, 7) is 6.45. The van der Waals surface area contributed by atoms with E-state index < -0.39 is 0 Å². The standard InChI is InChI=1S/C23H20ClN5OS.C20H18Cl2N4O/c1-14-26-21(22(31-14)15-5-3-2-4-6-15)23(30)29-10-9-17(13-29)27-20-12-25-19-11-16(24)7-8-18(19)28-20;1-12-2-4-16(22)15(8-12)20(27)26-7-6-14(11-26)24-19-10-23-18-9-13(21)3-5-17(18)25-19/h2-8,11-12,17H,9-10,13H2,1H3,(H,27,28);2-5,8-10,14H,6-7,11H2,1H3,(H,24,25)/t17-;14-/m11/s1. The quantitative estimate of drug-likeness (QED) is 0.161. The van der Waals surface area contributed by atoms with E-state index >= 15 is 0 Å². The summed E-state index contributed by atoms with van der Waals surface area (Å²) in [5.74, 6) is 1.33. The molecular weight excluding hydrogens is 813 g/mol. The first kappa shape index (κ1) is 39.4. The molecule has 4 aromatic carbocycles. The number of aryl methyl sites for hydroxylation is 2. The van der Waals surface area contributed by atoms with Crippen LogP contribution in [-0.4, -0.2) is 84.8 Å². The number of hydrogen-bond donors (Lipinski definition) is 2. The Hall–Kier alpha value is -5.40. The predicted molar refractivity (Wildman–Crippen MR) is 233 cm³/mol. The number of halogens is 3. The smallest absolute Gasteiger partial charge is 0.274 e. The van der Waals surface area contributed by atoms with Crippen LogP contribution >= 0.6 is 46.1 Å². The molecule has 9 rings (SSSR count). The maximum atomic E-state index is 13.3. The highest BCUT2D eigenvalue weighted by molar-refractivity contribution is 7.15. The molecule has 15 heteroatoms. The van der Waals surface area contributed by atoms with Crippen molar-refractivity contribution in [3.05, 3.63) is 134 Å². The van der Waals surface area contributed by atoms with Crippen LogP contribution < -0.4 is 10.6 Å². The van der Waals surface area contributed by atoms with Crippen LogP contribution in [0.25, 0.3) is 32.5 Å². The highest BCUT2D eigenvalue weighted by atomic mass is 35.5. The van der Waals surface area contributed by atoms with Gasteiger partial charge in [-0.25, -0.2) is 15.0 Å². The molecule has 2 saturated heterocycles. The van der Waals surface area contributed by atoms with Gasteiger partial charge in [0.05, 0.1) is 54.9 Å². The van der Waals surface area contributed by atoms with Gasteiger partial charge in [0.1, 0.15) is 17.3 Å². The van der Waals surface area contributed by atoms with Gasteiger partial charge in [0.2, 0.25) is 0 Å². The molecule has 0 spiro atoms. The zero-order chi connectivity index (χ0) is 40.3. The van der Waals surface area contributed by atoms with Gasteiger partial charge in [0.15, 0.2) is 0 Å². The largest absolute Gasteiger partial charge is 0.364 e. The van der Waals surface area contributed by atoms with Crippen molar-refractivity contribution in [1.29, 1.82) is 0 Å². The lowest BCUT2D eigenvalue weighted by Crippen LogP contribution is -2.32. The van der Waals surface area contributed by atoms with E-state index in [9.17, 15) is 9.59 Å². The van der Waals surface area contributed by atoms with Crippen LogP contribution in [0.4, 0.5) is 11.6 Å². The summed E-state index contributed by atoms with van der Waals surface area (Å²) in [5, 5.41) is 9.45. The number of benzene rings is 4. The van der Waals surface area contributed by atoms with E-state index in [-0.39, 0.29) is 23.9 Å². The van der Waals surface area contributed by atoms with Crippen LogP contribution in [0.2, 0.25) is 15.1 Å². The number of likely N-dealkylation sites (tertiary alicyclic amines) is 2. The Bertz CT molecular complexity index is 2640. The van der Waals surface area contributed by atoms with Crippen LogP contribution in [0, 0.1) is 13.8 Å². The van der Waals surface area contributed by atoms with Gasteiger partial charge < -0.3 is 20.4 Å². The molecule has 2 N–H and O–H groups in total. The number of thiazole rings is 1. The first-order valence-corrected chi connectivity index (χ1v) is 20.8. The van der Waals surface area contributed by atoms with Gasteiger partial charge in [-0.3, -0.25) is 19.6 Å². The van der Waals surface area contributed by atoms with Crippen molar-refractivity contribution in [3.8, 4) is 10.4 Å². The van der Waals surface area contributed by atoms with Crippen LogP contribution in [0.1, 0.15) is 44.3 Å². The van der Waals surface area contributed by atoms with E-state index in [1.165, 1.54) is 0 Å². The van der Waals surface area contributed by atoms with Gasteiger partial charge in [-0.15, -0.1) is 11.3 Å². The zero-order valence-electron chi connectivity index (χ0n) is 31.6. The fraction of sp³-hybridized carbons (Fsp3) is 0.233. The highest BCUT2D eigenvalue weighted by Gasteiger charge is 2.31. The molecule has 0 bridgehead atoms. The number of fused-ring (bicyclic) bond motifs is 2. The lowest BCUT2D eigenvalue weighted by molar-refractivity contribution is 0.0781. The molecule has 2 aliphatic heterocycles. The van der Waals surface area contributed by atoms with Gasteiger partial charge in [-0.2, -0.15) is 0 Å². The molecule has 0 unspecified atom stereocenters. The molecule has 7 aromatic rings. The van der Waals surface area contributed by atoms with Crippen molar-refractivity contribution < 1.29 is 9.59 Å². The molecular formula is C43H38Cl3N9O2S. The van der Waals surface area contributed by atoms with Crippen molar-refractivity contribution in [2.75, 3.05) is 36.8 Å². The van der Waals surface area contributed by atoms with Crippen molar-refractivity contribution >= 4 is 91.7 Å². The van der Waals surface area contributed by atoms with E-state index in [2.05, 4.69) is 35.6 Å². The number of rotatable bonds is 7. The van der Waals surface area contributed by atoms with Gasteiger partial charge in [0, 0.05) is 48.3 Å². The summed E-state index contributed by atoms with van der Waals surface area (Å²) in [7, 11) is 0. The van der Waals surface area contributed by atoms with Crippen molar-refractivity contribution in [2.24, 2.45) is 0 Å². The molecule has 2 atom stereocenters. The number of carbonyl (C=O) groups is 2. The Morgan fingerprint density at radius 2 is 1.24 bits per heavy atom. The van der Waals surface area contributed by atoms with Gasteiger partial charge in [0.25, 0.3) is 11.8 Å². The second kappa shape index (κ2) is 17.2. The molecule has 0 aliphatic carbocycles. The Labute approximate surface area is 354 Å². The van der Waals surface area contributed by atoms with Gasteiger partial charge >= 0.3 is 0 Å². The average Bonchev–Trinajstić information content (AvgIpc) is 3.99. The Kier molecular flexibility index (Phi) is 11.7. The maximum absolute atomic E-state index is 13.3. The maximum Gasteiger partial charge on any atom is 0.274 e. The topological polar surface area (TPSA) is 129 Å². The minimum Gasteiger partial charge on any atom is -0.364 e. The molecule has 3 aromatic heterocycles. The van der Waals surface area contributed by atoms with E-state index in [1.807, 2.05) is 78.2 Å². The van der Waals surface area contributed by atoms with Crippen molar-refractivity contribution in [1.82, 2.24) is 34.7 Å². The van der Waals surface area contributed by atoms with E-state index in [0.29, 0.717) is 64.1 Å². The third-order valence-corrected chi connectivity index (χ3v) is 11.8. The van der Waals surface area contributed by atoms with Crippen molar-refractivity contribution in [2.45, 2.75) is 38.8 Å². The zero-order valence-corrected chi connectivity index (χ0v) is 34.7. The molecule has 11 nitrogen and oxygen atoms in total. The second-order valence-corrected chi connectivity index (χ2v) is 16.8. The number of hydrogen-bond acceptors (Lipinski definition) is 10. The monoisotopic (exact) mass is 849 g/mol. The average molecular weight is 851 g/mol. The number of nitrogens with one attached hydrogen (secondary N) is 2. The first-order chi connectivity index (χ1) is 28.1. The fourth-order valence-corrected chi connectivity index (χ4v) is 8.58. The summed E-state index contributed by atoms with van der Waals surface area (Å²) in [4.78, 5) is 53.3.